The van der Waals surface area contributed by atoms with Crippen LogP contribution in [0.1, 0.15) is 33.7 Å². The van der Waals surface area contributed by atoms with Crippen LogP contribution in [-0.4, -0.2) is 72.8 Å². The van der Waals surface area contributed by atoms with Gasteiger partial charge < -0.3 is 19.9 Å². The van der Waals surface area contributed by atoms with Gasteiger partial charge in [-0.25, -0.2) is 15.0 Å². The Hall–Kier alpha value is -3.47. The average Bonchev–Trinajstić information content (AvgIpc) is 3.31. The van der Waals surface area contributed by atoms with Gasteiger partial charge in [0.2, 0.25) is 0 Å². The van der Waals surface area contributed by atoms with Crippen molar-refractivity contribution in [1.82, 2.24) is 19.9 Å². The lowest BCUT2D eigenvalue weighted by Crippen LogP contribution is -2.38. The predicted molar refractivity (Wildman–Crippen MR) is 131 cm³/mol. The third-order valence-corrected chi connectivity index (χ3v) is 6.28. The molecule has 1 N–H and O–H groups in total. The normalized spacial score (nSPS) is 14.1. The number of benzene rings is 1. The van der Waals surface area contributed by atoms with Gasteiger partial charge in [0.1, 0.15) is 19.6 Å². The molecule has 0 bridgehead atoms. The molecule has 11 heteroatoms. The molecule has 0 unspecified atom stereocenters. The van der Waals surface area contributed by atoms with E-state index < -0.39 is 0 Å². The van der Waals surface area contributed by atoms with Crippen LogP contribution in [-0.2, 0) is 0 Å². The third-order valence-electron chi connectivity index (χ3n) is 5.38. The molecule has 3 heterocycles. The van der Waals surface area contributed by atoms with Crippen LogP contribution in [0, 0.1) is 0 Å². The third kappa shape index (κ3) is 5.48. The minimum atomic E-state index is -0.272. The van der Waals surface area contributed by atoms with Crippen molar-refractivity contribution >= 4 is 47.3 Å². The lowest BCUT2D eigenvalue weighted by Gasteiger charge is -2.31. The highest BCUT2D eigenvalue weighted by molar-refractivity contribution is 7.14. The molecule has 0 aliphatic carbocycles. The van der Waals surface area contributed by atoms with Gasteiger partial charge in [-0.2, -0.15) is 0 Å². The van der Waals surface area contributed by atoms with E-state index in [0.717, 1.165) is 36.5 Å². The zero-order chi connectivity index (χ0) is 23.4. The van der Waals surface area contributed by atoms with E-state index >= 15 is 0 Å². The number of thiazole rings is 1. The Labute approximate surface area is 197 Å². The maximum absolute atomic E-state index is 12.8. The van der Waals surface area contributed by atoms with Crippen molar-refractivity contribution in [2.75, 3.05) is 37.4 Å². The maximum Gasteiger partial charge on any atom is 0.316 e. The minimum absolute atomic E-state index is 0.0664. The van der Waals surface area contributed by atoms with Crippen LogP contribution >= 0.6 is 11.3 Å². The molecule has 170 valence electrons. The topological polar surface area (TPSA) is 101 Å². The molecule has 1 aliphatic rings. The first-order valence-electron chi connectivity index (χ1n) is 10.7. The molecule has 1 saturated heterocycles. The summed E-state index contributed by atoms with van der Waals surface area (Å²) >= 11 is 1.45. The van der Waals surface area contributed by atoms with Crippen molar-refractivity contribution in [3.8, 4) is 6.01 Å². The SMILES string of the molecule is Bc1cc(C(=O)N(C)C)ccc1NC(=O)c1csc(N2CCC(Oc3ncccn3)CC2)n1. The Balaban J connectivity index is 1.34. The van der Waals surface area contributed by atoms with Crippen molar-refractivity contribution in [3.63, 3.8) is 0 Å². The summed E-state index contributed by atoms with van der Waals surface area (Å²) in [5.74, 6) is -0.350. The largest absolute Gasteiger partial charge is 0.460 e. The van der Waals surface area contributed by atoms with Crippen molar-refractivity contribution in [3.05, 3.63) is 53.3 Å². The molecule has 1 aromatic carbocycles. The van der Waals surface area contributed by atoms with Crippen LogP contribution in [0.25, 0.3) is 0 Å². The number of carbonyl (C=O) groups is 2. The van der Waals surface area contributed by atoms with E-state index in [1.807, 2.05) is 7.85 Å². The number of hydrogen-bond acceptors (Lipinski definition) is 8. The van der Waals surface area contributed by atoms with E-state index in [0.29, 0.717) is 23.0 Å². The Kier molecular flexibility index (Phi) is 6.88. The van der Waals surface area contributed by atoms with Gasteiger partial charge in [0.25, 0.3) is 11.8 Å². The molecule has 1 aliphatic heterocycles. The molecular formula is C22H25BN6O3S. The molecule has 0 saturated carbocycles. The average molecular weight is 464 g/mol. The van der Waals surface area contributed by atoms with E-state index in [4.69, 9.17) is 4.74 Å². The molecule has 3 aromatic rings. The van der Waals surface area contributed by atoms with E-state index in [1.54, 1.807) is 56.1 Å². The Morgan fingerprint density at radius 3 is 2.61 bits per heavy atom. The Bertz CT molecular complexity index is 1130. The smallest absolute Gasteiger partial charge is 0.316 e. The van der Waals surface area contributed by atoms with Crippen molar-refractivity contribution in [2.45, 2.75) is 18.9 Å². The summed E-state index contributed by atoms with van der Waals surface area (Å²) in [5.41, 5.74) is 2.43. The first-order valence-corrected chi connectivity index (χ1v) is 11.6. The van der Waals surface area contributed by atoms with Crippen molar-refractivity contribution < 1.29 is 14.3 Å². The number of piperidine rings is 1. The highest BCUT2D eigenvalue weighted by atomic mass is 32.1. The molecule has 2 amide bonds. The number of hydrogen-bond donors (Lipinski definition) is 1. The lowest BCUT2D eigenvalue weighted by atomic mass is 9.91. The zero-order valence-corrected chi connectivity index (χ0v) is 19.6. The molecule has 9 nitrogen and oxygen atoms in total. The van der Waals surface area contributed by atoms with Crippen LogP contribution < -0.4 is 20.4 Å². The summed E-state index contributed by atoms with van der Waals surface area (Å²) in [5, 5.41) is 5.49. The fourth-order valence-electron chi connectivity index (χ4n) is 3.56. The summed E-state index contributed by atoms with van der Waals surface area (Å²) in [6, 6.07) is 7.40. The molecule has 0 radical (unpaired) electrons. The second kappa shape index (κ2) is 9.99. The quantitative estimate of drug-likeness (QED) is 0.547. The number of anilines is 2. The number of nitrogens with zero attached hydrogens (tertiary/aromatic N) is 5. The van der Waals surface area contributed by atoms with E-state index in [2.05, 4.69) is 25.2 Å². The predicted octanol–water partition coefficient (Wildman–Crippen LogP) is 1.19. The van der Waals surface area contributed by atoms with Crippen LogP contribution in [0.5, 0.6) is 6.01 Å². The number of ether oxygens (including phenoxy) is 1. The number of amides is 2. The van der Waals surface area contributed by atoms with Crippen LogP contribution in [0.3, 0.4) is 0 Å². The van der Waals surface area contributed by atoms with Crippen LogP contribution in [0.2, 0.25) is 0 Å². The molecule has 0 spiro atoms. The fraction of sp³-hybridized carbons (Fsp3) is 0.318. The van der Waals surface area contributed by atoms with Crippen LogP contribution in [0.15, 0.2) is 42.0 Å². The van der Waals surface area contributed by atoms with Gasteiger partial charge in [-0.05, 0) is 18.2 Å². The molecule has 1 fully saturated rings. The summed E-state index contributed by atoms with van der Waals surface area (Å²) in [4.78, 5) is 41.3. The molecule has 0 atom stereocenters. The number of aromatic nitrogens is 3. The van der Waals surface area contributed by atoms with Gasteiger partial charge in [-0.1, -0.05) is 11.5 Å². The van der Waals surface area contributed by atoms with E-state index in [-0.39, 0.29) is 17.9 Å². The Morgan fingerprint density at radius 2 is 1.94 bits per heavy atom. The second-order valence-electron chi connectivity index (χ2n) is 8.03. The molecule has 2 aromatic heterocycles. The number of rotatable bonds is 6. The number of carbonyl (C=O) groups excluding carboxylic acids is 2. The summed E-state index contributed by atoms with van der Waals surface area (Å²) in [6.45, 7) is 1.57. The first kappa shape index (κ1) is 22.7. The van der Waals surface area contributed by atoms with Gasteiger partial charge >= 0.3 is 6.01 Å². The highest BCUT2D eigenvalue weighted by Crippen LogP contribution is 2.25. The second-order valence-corrected chi connectivity index (χ2v) is 8.87. The zero-order valence-electron chi connectivity index (χ0n) is 18.8. The summed E-state index contributed by atoms with van der Waals surface area (Å²) in [7, 11) is 5.28. The number of nitrogens with one attached hydrogen (secondary N) is 1. The monoisotopic (exact) mass is 464 g/mol. The van der Waals surface area contributed by atoms with Gasteiger partial charge in [0.05, 0.1) is 0 Å². The fourth-order valence-corrected chi connectivity index (χ4v) is 4.42. The molecule has 4 rings (SSSR count). The summed E-state index contributed by atoms with van der Waals surface area (Å²) < 4.78 is 5.84. The first-order chi connectivity index (χ1) is 15.9. The van der Waals surface area contributed by atoms with E-state index in [1.165, 1.54) is 16.2 Å². The standard InChI is InChI=1S/C22H25BN6O3S/c1-28(2)20(31)14-4-5-17(16(23)12-14)26-19(30)18-13-33-22(27-18)29-10-6-15(7-11-29)32-21-24-8-3-9-25-21/h3-5,8-9,12-13,15H,6-7,10-11,23H2,1-2H3,(H,26,30). The minimum Gasteiger partial charge on any atom is -0.460 e. The Morgan fingerprint density at radius 1 is 1.21 bits per heavy atom. The summed E-state index contributed by atoms with van der Waals surface area (Å²) in [6.07, 6.45) is 5.06. The van der Waals surface area contributed by atoms with Gasteiger partial charge in [0, 0.05) is 69.1 Å². The van der Waals surface area contributed by atoms with Gasteiger partial charge in [0.15, 0.2) is 5.13 Å². The molecule has 33 heavy (non-hydrogen) atoms. The van der Waals surface area contributed by atoms with Gasteiger partial charge in [-0.3, -0.25) is 9.59 Å². The van der Waals surface area contributed by atoms with Crippen molar-refractivity contribution in [2.24, 2.45) is 0 Å². The lowest BCUT2D eigenvalue weighted by molar-refractivity contribution is 0.0827. The van der Waals surface area contributed by atoms with Gasteiger partial charge in [-0.15, -0.1) is 11.3 Å². The molecular weight excluding hydrogens is 439 g/mol. The highest BCUT2D eigenvalue weighted by Gasteiger charge is 2.24. The van der Waals surface area contributed by atoms with E-state index in [9.17, 15) is 9.59 Å². The maximum atomic E-state index is 12.8. The van der Waals surface area contributed by atoms with Crippen LogP contribution in [0.4, 0.5) is 10.8 Å². The van der Waals surface area contributed by atoms with Crippen molar-refractivity contribution in [1.29, 1.82) is 0 Å².